The van der Waals surface area contributed by atoms with Crippen molar-refractivity contribution in [1.82, 2.24) is 10.3 Å². The van der Waals surface area contributed by atoms with E-state index in [0.29, 0.717) is 12.3 Å². The van der Waals surface area contributed by atoms with Crippen LogP contribution in [-0.4, -0.2) is 23.7 Å². The average molecular weight is 314 g/mol. The lowest BCUT2D eigenvalue weighted by Gasteiger charge is -2.00. The first-order chi connectivity index (χ1) is 11.2. The number of rotatable bonds is 9. The van der Waals surface area contributed by atoms with Gasteiger partial charge < -0.3 is 9.73 Å². The number of aryl methyl sites for hydroxylation is 1. The molecule has 0 spiro atoms. The van der Waals surface area contributed by atoms with Crippen LogP contribution < -0.4 is 5.32 Å². The Kier molecular flexibility index (Phi) is 6.54. The average Bonchev–Trinajstić information content (AvgIpc) is 3.06. The molecule has 1 amide bonds. The van der Waals surface area contributed by atoms with E-state index in [1.165, 1.54) is 7.05 Å². The Balaban J connectivity index is 1.65. The van der Waals surface area contributed by atoms with E-state index in [2.05, 4.69) is 10.3 Å². The number of hydrogen-bond donors (Lipinski definition) is 1. The Bertz CT molecular complexity index is 635. The van der Waals surface area contributed by atoms with E-state index in [9.17, 15) is 9.59 Å². The summed E-state index contributed by atoms with van der Waals surface area (Å²) in [5, 5.41) is 2.35. The van der Waals surface area contributed by atoms with E-state index in [4.69, 9.17) is 4.42 Å². The monoisotopic (exact) mass is 314 g/mol. The van der Waals surface area contributed by atoms with E-state index >= 15 is 0 Å². The number of Topliss-reactive ketones (excluding diaryl/α,β-unsaturated/α-hetero) is 1. The quantitative estimate of drug-likeness (QED) is 0.570. The van der Waals surface area contributed by atoms with Gasteiger partial charge in [0.05, 0.1) is 6.20 Å². The zero-order chi connectivity index (χ0) is 16.5. The van der Waals surface area contributed by atoms with Gasteiger partial charge in [0.2, 0.25) is 11.7 Å². The van der Waals surface area contributed by atoms with Gasteiger partial charge in [-0.15, -0.1) is 0 Å². The summed E-state index contributed by atoms with van der Waals surface area (Å²) in [5.41, 5.74) is 0.978. The summed E-state index contributed by atoms with van der Waals surface area (Å²) >= 11 is 0. The van der Waals surface area contributed by atoms with Crippen LogP contribution in [-0.2, 0) is 16.0 Å². The molecule has 0 aliphatic heterocycles. The second-order valence-corrected chi connectivity index (χ2v) is 5.41. The Labute approximate surface area is 136 Å². The van der Waals surface area contributed by atoms with E-state index in [0.717, 1.165) is 43.4 Å². The van der Waals surface area contributed by atoms with Crippen LogP contribution in [0.25, 0.3) is 11.5 Å². The maximum Gasteiger partial charge on any atom is 0.287 e. The molecule has 0 atom stereocenters. The minimum absolute atomic E-state index is 0.320. The van der Waals surface area contributed by atoms with Crippen molar-refractivity contribution in [2.45, 2.75) is 38.5 Å². The molecule has 1 heterocycles. The van der Waals surface area contributed by atoms with Crippen molar-refractivity contribution in [3.8, 4) is 11.5 Å². The molecule has 2 aromatic rings. The third-order valence-electron chi connectivity index (χ3n) is 3.63. The smallest absolute Gasteiger partial charge is 0.287 e. The molecule has 23 heavy (non-hydrogen) atoms. The molecular formula is C18H22N2O3. The molecule has 5 heteroatoms. The Morgan fingerprint density at radius 3 is 2.57 bits per heavy atom. The van der Waals surface area contributed by atoms with Crippen molar-refractivity contribution < 1.29 is 14.0 Å². The standard InChI is InChI=1S/C18H22N2O3/c1-19-17(22)16(21)12-8-3-2-7-11-15-13-20-18(23-15)14-9-5-4-6-10-14/h4-6,9-10,13H,2-3,7-8,11-12H2,1H3,(H,19,22). The number of ketones is 1. The molecular weight excluding hydrogens is 292 g/mol. The maximum atomic E-state index is 11.3. The summed E-state index contributed by atoms with van der Waals surface area (Å²) in [6.07, 6.45) is 6.60. The summed E-state index contributed by atoms with van der Waals surface area (Å²) in [6.45, 7) is 0. The topological polar surface area (TPSA) is 72.2 Å². The van der Waals surface area contributed by atoms with E-state index in [-0.39, 0.29) is 5.78 Å². The number of aromatic nitrogens is 1. The van der Waals surface area contributed by atoms with Crippen molar-refractivity contribution in [2.75, 3.05) is 7.05 Å². The molecule has 0 aliphatic carbocycles. The molecule has 0 fully saturated rings. The number of benzene rings is 1. The molecule has 0 radical (unpaired) electrons. The molecule has 1 aromatic heterocycles. The fourth-order valence-electron chi connectivity index (χ4n) is 2.33. The van der Waals surface area contributed by atoms with Crippen LogP contribution in [0.1, 0.15) is 37.9 Å². The minimum atomic E-state index is -0.500. The first-order valence-corrected chi connectivity index (χ1v) is 7.95. The fourth-order valence-corrected chi connectivity index (χ4v) is 2.33. The summed E-state index contributed by atoms with van der Waals surface area (Å²) in [7, 11) is 1.47. The molecule has 0 bridgehead atoms. The highest BCUT2D eigenvalue weighted by molar-refractivity contribution is 6.36. The Morgan fingerprint density at radius 2 is 1.83 bits per heavy atom. The van der Waals surface area contributed by atoms with Gasteiger partial charge in [0.1, 0.15) is 5.76 Å². The van der Waals surface area contributed by atoms with Gasteiger partial charge >= 0.3 is 0 Å². The zero-order valence-corrected chi connectivity index (χ0v) is 13.4. The number of unbranched alkanes of at least 4 members (excludes halogenated alkanes) is 3. The predicted octanol–water partition coefficient (Wildman–Crippen LogP) is 3.15. The summed E-state index contributed by atoms with van der Waals surface area (Å²) in [4.78, 5) is 26.7. The minimum Gasteiger partial charge on any atom is -0.441 e. The largest absolute Gasteiger partial charge is 0.441 e. The van der Waals surface area contributed by atoms with Crippen LogP contribution in [0, 0.1) is 0 Å². The van der Waals surface area contributed by atoms with Crippen molar-refractivity contribution in [3.05, 3.63) is 42.3 Å². The fraction of sp³-hybridized carbons (Fsp3) is 0.389. The van der Waals surface area contributed by atoms with Crippen LogP contribution in [0.5, 0.6) is 0 Å². The number of oxazole rings is 1. The second kappa shape index (κ2) is 8.88. The van der Waals surface area contributed by atoms with Crippen LogP contribution >= 0.6 is 0 Å². The number of likely N-dealkylation sites (N-methyl/N-ethyl adjacent to an activating group) is 1. The van der Waals surface area contributed by atoms with E-state index in [1.54, 1.807) is 6.20 Å². The highest BCUT2D eigenvalue weighted by atomic mass is 16.4. The molecule has 1 aromatic carbocycles. The number of amides is 1. The lowest BCUT2D eigenvalue weighted by Crippen LogP contribution is -2.27. The predicted molar refractivity (Wildman–Crippen MR) is 87.8 cm³/mol. The lowest BCUT2D eigenvalue weighted by atomic mass is 10.1. The molecule has 5 nitrogen and oxygen atoms in total. The van der Waals surface area contributed by atoms with Crippen LogP contribution in [0.15, 0.2) is 40.9 Å². The number of nitrogens with zero attached hydrogens (tertiary/aromatic N) is 1. The first kappa shape index (κ1) is 16.9. The second-order valence-electron chi connectivity index (χ2n) is 5.41. The van der Waals surface area contributed by atoms with Crippen molar-refractivity contribution in [1.29, 1.82) is 0 Å². The molecule has 0 unspecified atom stereocenters. The summed E-state index contributed by atoms with van der Waals surface area (Å²) in [6, 6.07) is 9.82. The lowest BCUT2D eigenvalue weighted by molar-refractivity contribution is -0.137. The normalized spacial score (nSPS) is 10.5. The van der Waals surface area contributed by atoms with Gasteiger partial charge in [-0.05, 0) is 25.0 Å². The SMILES string of the molecule is CNC(=O)C(=O)CCCCCCc1cnc(-c2ccccc2)o1. The molecule has 1 N–H and O–H groups in total. The van der Waals surface area contributed by atoms with Gasteiger partial charge in [-0.1, -0.05) is 31.0 Å². The van der Waals surface area contributed by atoms with Gasteiger partial charge in [0.15, 0.2) is 0 Å². The Hall–Kier alpha value is -2.43. The highest BCUT2D eigenvalue weighted by Gasteiger charge is 2.10. The van der Waals surface area contributed by atoms with E-state index < -0.39 is 5.91 Å². The van der Waals surface area contributed by atoms with Gasteiger partial charge in [0.25, 0.3) is 5.91 Å². The molecule has 0 saturated carbocycles. The Morgan fingerprint density at radius 1 is 1.09 bits per heavy atom. The van der Waals surface area contributed by atoms with Gasteiger partial charge in [-0.3, -0.25) is 9.59 Å². The van der Waals surface area contributed by atoms with E-state index in [1.807, 2.05) is 30.3 Å². The van der Waals surface area contributed by atoms with Gasteiger partial charge in [-0.25, -0.2) is 4.98 Å². The number of carbonyl (C=O) groups excluding carboxylic acids is 2. The van der Waals surface area contributed by atoms with Crippen LogP contribution in [0.3, 0.4) is 0 Å². The molecule has 122 valence electrons. The summed E-state index contributed by atoms with van der Waals surface area (Å²) < 4.78 is 5.74. The number of carbonyl (C=O) groups is 2. The third-order valence-corrected chi connectivity index (χ3v) is 3.63. The van der Waals surface area contributed by atoms with Gasteiger partial charge in [0, 0.05) is 25.5 Å². The van der Waals surface area contributed by atoms with Crippen molar-refractivity contribution in [2.24, 2.45) is 0 Å². The highest BCUT2D eigenvalue weighted by Crippen LogP contribution is 2.19. The number of hydrogen-bond acceptors (Lipinski definition) is 4. The first-order valence-electron chi connectivity index (χ1n) is 7.95. The van der Waals surface area contributed by atoms with Crippen molar-refractivity contribution >= 4 is 11.7 Å². The van der Waals surface area contributed by atoms with Crippen LogP contribution in [0.2, 0.25) is 0 Å². The molecule has 2 rings (SSSR count). The summed E-state index contributed by atoms with van der Waals surface area (Å²) in [5.74, 6) is 0.692. The number of nitrogens with one attached hydrogen (secondary N) is 1. The van der Waals surface area contributed by atoms with Crippen molar-refractivity contribution in [3.63, 3.8) is 0 Å². The van der Waals surface area contributed by atoms with Crippen LogP contribution in [0.4, 0.5) is 0 Å². The maximum absolute atomic E-state index is 11.3. The molecule has 0 aliphatic rings. The zero-order valence-electron chi connectivity index (χ0n) is 13.4. The molecule has 0 saturated heterocycles. The van der Waals surface area contributed by atoms with Gasteiger partial charge in [-0.2, -0.15) is 0 Å². The third kappa shape index (κ3) is 5.36.